The zero-order valence-electron chi connectivity index (χ0n) is 9.58. The van der Waals surface area contributed by atoms with Crippen molar-refractivity contribution in [1.82, 2.24) is 0 Å². The van der Waals surface area contributed by atoms with Crippen LogP contribution in [0, 0.1) is 35.5 Å². The van der Waals surface area contributed by atoms with Crippen molar-refractivity contribution in [3.8, 4) is 11.8 Å². The summed E-state index contributed by atoms with van der Waals surface area (Å²) >= 11 is 0. The summed E-state index contributed by atoms with van der Waals surface area (Å²) in [5.74, 6) is 4.71. The molecule has 0 atom stereocenters. The third-order valence-corrected chi connectivity index (χ3v) is 0.750. The van der Waals surface area contributed by atoms with E-state index in [-0.39, 0.29) is 32.0 Å². The summed E-state index contributed by atoms with van der Waals surface area (Å²) in [5, 5.41) is 0. The van der Waals surface area contributed by atoms with Gasteiger partial charge >= 0.3 is 0 Å². The van der Waals surface area contributed by atoms with E-state index in [1.165, 1.54) is 0 Å². The van der Waals surface area contributed by atoms with Gasteiger partial charge in [0.15, 0.2) is 0 Å². The summed E-state index contributed by atoms with van der Waals surface area (Å²) in [7, 11) is 0. The second-order valence-electron chi connectivity index (χ2n) is 4.75. The van der Waals surface area contributed by atoms with E-state index >= 15 is 0 Å². The minimum atomic E-state index is -0.0417. The van der Waals surface area contributed by atoms with Crippen molar-refractivity contribution in [2.45, 2.75) is 41.5 Å². The largest absolute Gasteiger partial charge is 0.0832 e. The van der Waals surface area contributed by atoms with E-state index in [9.17, 15) is 0 Å². The molecular formula is C12H20Ga. The molecule has 0 saturated carbocycles. The molecule has 13 heavy (non-hydrogen) atoms. The first kappa shape index (κ1) is 18.5. The van der Waals surface area contributed by atoms with Gasteiger partial charge in [-0.15, -0.1) is 0 Å². The van der Waals surface area contributed by atoms with Crippen molar-refractivity contribution in [3.05, 3.63) is 12.8 Å². The SMILES string of the molecule is [C]#CC(C)(C)C.[C]#CC(C)(C)C.[Ga].[HH]. The fourth-order valence-electron chi connectivity index (χ4n) is 0. The van der Waals surface area contributed by atoms with Crippen molar-refractivity contribution in [2.24, 2.45) is 10.8 Å². The maximum absolute atomic E-state index is 6.60. The van der Waals surface area contributed by atoms with Crippen molar-refractivity contribution in [3.63, 3.8) is 0 Å². The molecule has 71 valence electrons. The van der Waals surface area contributed by atoms with Crippen molar-refractivity contribution in [1.29, 1.82) is 0 Å². The number of hydrogen-bond acceptors (Lipinski definition) is 0. The average molecular weight is 234 g/mol. The van der Waals surface area contributed by atoms with Crippen LogP contribution in [0.5, 0.6) is 0 Å². The Balaban J connectivity index is -0.0000000625. The summed E-state index contributed by atoms with van der Waals surface area (Å²) < 4.78 is 0. The van der Waals surface area contributed by atoms with E-state index in [1.54, 1.807) is 0 Å². The van der Waals surface area contributed by atoms with E-state index in [1.807, 2.05) is 41.5 Å². The van der Waals surface area contributed by atoms with Gasteiger partial charge in [-0.2, -0.15) is 0 Å². The topological polar surface area (TPSA) is 0 Å². The normalized spacial score (nSPS) is 9.54. The molecule has 0 aliphatic rings. The van der Waals surface area contributed by atoms with Crippen LogP contribution in [0.4, 0.5) is 0 Å². The van der Waals surface area contributed by atoms with Gasteiger partial charge in [0, 0.05) is 32.0 Å². The minimum Gasteiger partial charge on any atom is -0.0832 e. The monoisotopic (exact) mass is 233 g/mol. The molecule has 0 aliphatic heterocycles. The Morgan fingerprint density at radius 2 is 0.846 bits per heavy atom. The van der Waals surface area contributed by atoms with Crippen LogP contribution in [-0.2, 0) is 0 Å². The molecule has 0 unspecified atom stereocenters. The Morgan fingerprint density at radius 1 is 0.769 bits per heavy atom. The van der Waals surface area contributed by atoms with Crippen LogP contribution in [0.25, 0.3) is 0 Å². The van der Waals surface area contributed by atoms with Gasteiger partial charge < -0.3 is 0 Å². The third-order valence-electron chi connectivity index (χ3n) is 0.750. The van der Waals surface area contributed by atoms with E-state index in [4.69, 9.17) is 12.8 Å². The Kier molecular flexibility index (Phi) is 10.2. The van der Waals surface area contributed by atoms with Crippen LogP contribution in [0.2, 0.25) is 0 Å². The third kappa shape index (κ3) is 33.8. The maximum atomic E-state index is 6.60. The zero-order chi connectivity index (χ0) is 10.4. The van der Waals surface area contributed by atoms with Gasteiger partial charge in [-0.1, -0.05) is 11.8 Å². The first-order valence-electron chi connectivity index (χ1n) is 4.00. The Bertz CT molecular complexity index is 168. The summed E-state index contributed by atoms with van der Waals surface area (Å²) in [6.45, 7) is 11.7. The Morgan fingerprint density at radius 3 is 0.846 bits per heavy atom. The smallest absolute Gasteiger partial charge is 0.0240 e. The van der Waals surface area contributed by atoms with Crippen molar-refractivity contribution in [2.75, 3.05) is 0 Å². The van der Waals surface area contributed by atoms with Crippen molar-refractivity contribution >= 4 is 19.8 Å². The van der Waals surface area contributed by atoms with Crippen LogP contribution < -0.4 is 0 Å². The number of rotatable bonds is 0. The molecule has 0 nitrogen and oxygen atoms in total. The molecule has 0 aromatic rings. The molecule has 1 heteroatoms. The molecule has 0 bridgehead atoms. The van der Waals surface area contributed by atoms with Gasteiger partial charge in [-0.25, -0.2) is 0 Å². The first-order valence-corrected chi connectivity index (χ1v) is 4.00. The predicted molar refractivity (Wildman–Crippen MR) is 61.0 cm³/mol. The zero-order valence-corrected chi connectivity index (χ0v) is 12.0. The Hall–Kier alpha value is -0.244. The van der Waals surface area contributed by atoms with E-state index in [0.717, 1.165) is 0 Å². The Labute approximate surface area is 98.4 Å². The molecule has 0 N–H and O–H groups in total. The molecule has 0 rings (SSSR count). The number of hydrogen-bond donors (Lipinski definition) is 0. The van der Waals surface area contributed by atoms with Gasteiger partial charge in [0.25, 0.3) is 0 Å². The molecule has 0 spiro atoms. The molecule has 0 fully saturated rings. The fourth-order valence-corrected chi connectivity index (χ4v) is 0. The molecular weight excluding hydrogens is 214 g/mol. The van der Waals surface area contributed by atoms with Crippen LogP contribution >= 0.6 is 0 Å². The van der Waals surface area contributed by atoms with Gasteiger partial charge in [0.2, 0.25) is 0 Å². The standard InChI is InChI=1S/2C6H9.Ga.H2/c2*1-5-6(2,3)4;;/h2*2-4H3;;1H. The summed E-state index contributed by atoms with van der Waals surface area (Å²) in [6, 6.07) is 0. The summed E-state index contributed by atoms with van der Waals surface area (Å²) in [4.78, 5) is 0. The van der Waals surface area contributed by atoms with Crippen LogP contribution in [-0.4, -0.2) is 19.8 Å². The molecule has 0 aliphatic carbocycles. The maximum Gasteiger partial charge on any atom is 0.0240 e. The summed E-state index contributed by atoms with van der Waals surface area (Å²) in [5.41, 5.74) is -0.0833. The molecule has 0 amide bonds. The quantitative estimate of drug-likeness (QED) is 0.446. The predicted octanol–water partition coefficient (Wildman–Crippen LogP) is 3.11. The first-order chi connectivity index (χ1) is 5.12. The van der Waals surface area contributed by atoms with Crippen molar-refractivity contribution < 1.29 is 1.43 Å². The van der Waals surface area contributed by atoms with Gasteiger partial charge in [-0.05, 0) is 54.4 Å². The van der Waals surface area contributed by atoms with E-state index in [2.05, 4.69) is 11.8 Å². The molecule has 0 aromatic carbocycles. The van der Waals surface area contributed by atoms with E-state index in [0.29, 0.717) is 0 Å². The molecule has 0 aromatic heterocycles. The van der Waals surface area contributed by atoms with Crippen LogP contribution in [0.1, 0.15) is 43.0 Å². The minimum absolute atomic E-state index is 0. The average Bonchev–Trinajstić information content (AvgIpc) is 1.86. The van der Waals surface area contributed by atoms with Crippen LogP contribution in [0.3, 0.4) is 0 Å². The second kappa shape index (κ2) is 7.19. The molecule has 5 radical (unpaired) electrons. The van der Waals surface area contributed by atoms with Gasteiger partial charge in [0.1, 0.15) is 0 Å². The van der Waals surface area contributed by atoms with Crippen LogP contribution in [0.15, 0.2) is 0 Å². The van der Waals surface area contributed by atoms with Gasteiger partial charge in [-0.3, -0.25) is 0 Å². The molecule has 0 heterocycles. The fraction of sp³-hybridized carbons (Fsp3) is 0.667. The van der Waals surface area contributed by atoms with Gasteiger partial charge in [0.05, 0.1) is 0 Å². The second-order valence-corrected chi connectivity index (χ2v) is 4.75. The molecule has 0 saturated heterocycles. The van der Waals surface area contributed by atoms with E-state index < -0.39 is 0 Å². The summed E-state index contributed by atoms with van der Waals surface area (Å²) in [6.07, 6.45) is 13.2.